The molecule has 4 rings (SSSR count). The maximum absolute atomic E-state index is 6.17. The van der Waals surface area contributed by atoms with E-state index in [4.69, 9.17) is 33.8 Å². The highest BCUT2D eigenvalue weighted by molar-refractivity contribution is 6.42. The molecule has 0 radical (unpaired) electrons. The van der Waals surface area contributed by atoms with Crippen LogP contribution in [0.1, 0.15) is 24.6 Å². The van der Waals surface area contributed by atoms with Crippen molar-refractivity contribution in [2.24, 2.45) is 5.84 Å². The van der Waals surface area contributed by atoms with Crippen molar-refractivity contribution in [3.63, 3.8) is 0 Å². The molecule has 1 aromatic carbocycles. The van der Waals surface area contributed by atoms with Gasteiger partial charge >= 0.3 is 0 Å². The number of fused-ring (bicyclic) bond motifs is 1. The lowest BCUT2D eigenvalue weighted by Gasteiger charge is -2.15. The normalized spacial score (nSPS) is 20.3. The molecule has 3 heterocycles. The van der Waals surface area contributed by atoms with Gasteiger partial charge < -0.3 is 10.2 Å². The van der Waals surface area contributed by atoms with E-state index in [2.05, 4.69) is 20.5 Å². The van der Waals surface area contributed by atoms with Gasteiger partial charge in [0.2, 0.25) is 0 Å². The molecule has 9 heteroatoms. The van der Waals surface area contributed by atoms with Gasteiger partial charge in [-0.3, -0.25) is 0 Å². The average Bonchev–Trinajstić information content (AvgIpc) is 3.24. The summed E-state index contributed by atoms with van der Waals surface area (Å²) in [6.45, 7) is 0. The average molecular weight is 379 g/mol. The Morgan fingerprint density at radius 1 is 1.24 bits per heavy atom. The number of anilines is 1. The van der Waals surface area contributed by atoms with Gasteiger partial charge in [0.1, 0.15) is 6.33 Å². The molecule has 2 aromatic heterocycles. The van der Waals surface area contributed by atoms with Crippen molar-refractivity contribution in [1.29, 1.82) is 0 Å². The molecule has 130 valence electrons. The van der Waals surface area contributed by atoms with Crippen molar-refractivity contribution < 1.29 is 4.74 Å². The van der Waals surface area contributed by atoms with Gasteiger partial charge in [-0.05, 0) is 37.0 Å². The molecule has 0 saturated carbocycles. The van der Waals surface area contributed by atoms with Crippen LogP contribution < -0.4 is 11.3 Å². The molecule has 0 amide bonds. The summed E-state index contributed by atoms with van der Waals surface area (Å²) in [7, 11) is 0. The number of aromatic nitrogens is 4. The molecule has 1 aliphatic rings. The molecular formula is C16H16Cl2N6O. The lowest BCUT2D eigenvalue weighted by atomic mass is 10.1. The van der Waals surface area contributed by atoms with E-state index in [-0.39, 0.29) is 12.3 Å². The van der Waals surface area contributed by atoms with Crippen LogP contribution in [-0.2, 0) is 11.2 Å². The maximum Gasteiger partial charge on any atom is 0.166 e. The lowest BCUT2D eigenvalue weighted by molar-refractivity contribution is -0.00227. The summed E-state index contributed by atoms with van der Waals surface area (Å²) in [4.78, 5) is 8.39. The fourth-order valence-corrected chi connectivity index (χ4v) is 3.46. The molecule has 25 heavy (non-hydrogen) atoms. The zero-order valence-electron chi connectivity index (χ0n) is 13.2. The summed E-state index contributed by atoms with van der Waals surface area (Å²) in [6, 6.07) is 5.67. The van der Waals surface area contributed by atoms with E-state index in [0.29, 0.717) is 21.5 Å². The van der Waals surface area contributed by atoms with Crippen molar-refractivity contribution in [2.75, 3.05) is 5.43 Å². The number of nitrogen functional groups attached to an aromatic ring is 1. The molecule has 7 nitrogen and oxygen atoms in total. The summed E-state index contributed by atoms with van der Waals surface area (Å²) in [5, 5.41) is 6.29. The number of hydrogen-bond donors (Lipinski definition) is 2. The Kier molecular flexibility index (Phi) is 4.47. The van der Waals surface area contributed by atoms with E-state index in [1.807, 2.05) is 18.2 Å². The fraction of sp³-hybridized carbons (Fsp3) is 0.312. The number of ether oxygens (including phenoxy) is 1. The third-order valence-corrected chi connectivity index (χ3v) is 5.07. The zero-order valence-corrected chi connectivity index (χ0v) is 14.7. The SMILES string of the molecule is NNc1ncnc2c1cnn2C1CCC(Cc2ccc(Cl)c(Cl)c2)O1. The Bertz CT molecular complexity index is 915. The number of nitrogens with two attached hydrogens (primary N) is 1. The lowest BCUT2D eigenvalue weighted by Crippen LogP contribution is -2.15. The van der Waals surface area contributed by atoms with Gasteiger partial charge in [-0.25, -0.2) is 20.5 Å². The summed E-state index contributed by atoms with van der Waals surface area (Å²) in [6.07, 6.45) is 5.65. The van der Waals surface area contributed by atoms with Gasteiger partial charge in [-0.15, -0.1) is 0 Å². The van der Waals surface area contributed by atoms with Gasteiger partial charge in [0, 0.05) is 0 Å². The molecule has 1 aliphatic heterocycles. The van der Waals surface area contributed by atoms with Crippen molar-refractivity contribution in [1.82, 2.24) is 19.7 Å². The number of halogens is 2. The Balaban J connectivity index is 1.52. The second kappa shape index (κ2) is 6.76. The Morgan fingerprint density at radius 3 is 2.92 bits per heavy atom. The largest absolute Gasteiger partial charge is 0.353 e. The van der Waals surface area contributed by atoms with Crippen LogP contribution in [0.3, 0.4) is 0 Å². The monoisotopic (exact) mass is 378 g/mol. The molecule has 3 aromatic rings. The Labute approximate surface area is 154 Å². The van der Waals surface area contributed by atoms with Crippen LogP contribution in [0.15, 0.2) is 30.7 Å². The highest BCUT2D eigenvalue weighted by atomic mass is 35.5. The second-order valence-electron chi connectivity index (χ2n) is 5.94. The third kappa shape index (κ3) is 3.16. The molecule has 0 spiro atoms. The highest BCUT2D eigenvalue weighted by Crippen LogP contribution is 2.33. The van der Waals surface area contributed by atoms with E-state index < -0.39 is 0 Å². The minimum absolute atomic E-state index is 0.0930. The number of rotatable bonds is 4. The van der Waals surface area contributed by atoms with Crippen LogP contribution in [0, 0.1) is 0 Å². The van der Waals surface area contributed by atoms with E-state index in [0.717, 1.165) is 30.2 Å². The number of benzene rings is 1. The molecular weight excluding hydrogens is 363 g/mol. The van der Waals surface area contributed by atoms with Crippen LogP contribution in [0.5, 0.6) is 0 Å². The first-order valence-electron chi connectivity index (χ1n) is 7.90. The minimum atomic E-state index is -0.161. The predicted octanol–water partition coefficient (Wildman–Crippen LogP) is 3.34. The van der Waals surface area contributed by atoms with E-state index >= 15 is 0 Å². The first-order valence-corrected chi connectivity index (χ1v) is 8.65. The molecule has 2 atom stereocenters. The van der Waals surface area contributed by atoms with Gasteiger partial charge in [-0.1, -0.05) is 29.3 Å². The topological polar surface area (TPSA) is 90.9 Å². The summed E-state index contributed by atoms with van der Waals surface area (Å²) in [5.74, 6) is 6.02. The van der Waals surface area contributed by atoms with Gasteiger partial charge in [0.05, 0.1) is 27.7 Å². The minimum Gasteiger partial charge on any atom is -0.353 e. The predicted molar refractivity (Wildman–Crippen MR) is 96.4 cm³/mol. The molecule has 0 bridgehead atoms. The molecule has 3 N–H and O–H groups in total. The van der Waals surface area contributed by atoms with Crippen molar-refractivity contribution in [3.8, 4) is 0 Å². The van der Waals surface area contributed by atoms with Gasteiger partial charge in [-0.2, -0.15) is 5.10 Å². The molecule has 1 saturated heterocycles. The third-order valence-electron chi connectivity index (χ3n) is 4.33. The second-order valence-corrected chi connectivity index (χ2v) is 6.75. The van der Waals surface area contributed by atoms with Crippen molar-refractivity contribution in [2.45, 2.75) is 31.6 Å². The first kappa shape index (κ1) is 16.5. The van der Waals surface area contributed by atoms with Gasteiger partial charge in [0.15, 0.2) is 17.7 Å². The summed E-state index contributed by atoms with van der Waals surface area (Å²) >= 11 is 12.1. The fourth-order valence-electron chi connectivity index (χ4n) is 3.13. The summed E-state index contributed by atoms with van der Waals surface area (Å²) in [5.41, 5.74) is 4.35. The van der Waals surface area contributed by atoms with Crippen LogP contribution in [-0.4, -0.2) is 25.9 Å². The molecule has 1 fully saturated rings. The van der Waals surface area contributed by atoms with Crippen molar-refractivity contribution in [3.05, 3.63) is 46.3 Å². The Hall–Kier alpha value is -1.93. The number of hydrogen-bond acceptors (Lipinski definition) is 6. The molecule has 0 aliphatic carbocycles. The zero-order chi connectivity index (χ0) is 17.4. The molecule has 2 unspecified atom stereocenters. The number of nitrogens with one attached hydrogen (secondary N) is 1. The smallest absolute Gasteiger partial charge is 0.166 e. The van der Waals surface area contributed by atoms with E-state index in [9.17, 15) is 0 Å². The number of nitrogens with zero attached hydrogens (tertiary/aromatic N) is 4. The van der Waals surface area contributed by atoms with Crippen LogP contribution in [0.25, 0.3) is 11.0 Å². The summed E-state index contributed by atoms with van der Waals surface area (Å²) < 4.78 is 7.96. The Morgan fingerprint density at radius 2 is 2.12 bits per heavy atom. The first-order chi connectivity index (χ1) is 12.2. The standard InChI is InChI=1S/C16H16Cl2N6O/c17-12-3-1-9(6-13(12)18)5-10-2-4-14(25-10)24-16-11(7-22-24)15(23-19)20-8-21-16/h1,3,6-8,10,14H,2,4-5,19H2,(H,20,21,23). The van der Waals surface area contributed by atoms with Crippen LogP contribution in [0.2, 0.25) is 10.0 Å². The number of hydrazine groups is 1. The van der Waals surface area contributed by atoms with Crippen LogP contribution in [0.4, 0.5) is 5.82 Å². The maximum atomic E-state index is 6.17. The quantitative estimate of drug-likeness (QED) is 0.534. The van der Waals surface area contributed by atoms with Gasteiger partial charge in [0.25, 0.3) is 0 Å². The van der Waals surface area contributed by atoms with Crippen molar-refractivity contribution >= 4 is 40.1 Å². The van der Waals surface area contributed by atoms with Crippen LogP contribution >= 0.6 is 23.2 Å². The highest BCUT2D eigenvalue weighted by Gasteiger charge is 2.29. The van der Waals surface area contributed by atoms with E-state index in [1.165, 1.54) is 6.33 Å². The van der Waals surface area contributed by atoms with E-state index in [1.54, 1.807) is 10.9 Å².